The molecule has 0 bridgehead atoms. The molecule has 0 atom stereocenters. The van der Waals surface area contributed by atoms with Crippen molar-refractivity contribution in [3.63, 3.8) is 0 Å². The molecule has 23 heavy (non-hydrogen) atoms. The Bertz CT molecular complexity index is 631. The lowest BCUT2D eigenvalue weighted by molar-refractivity contribution is 0.0688. The molecule has 0 unspecified atom stereocenters. The van der Waals surface area contributed by atoms with Gasteiger partial charge in [-0.05, 0) is 24.6 Å². The fraction of sp³-hybridized carbons (Fsp3) is 0.375. The van der Waals surface area contributed by atoms with Crippen LogP contribution in [0.5, 0.6) is 0 Å². The number of halogens is 1. The molecule has 0 saturated heterocycles. The summed E-state index contributed by atoms with van der Waals surface area (Å²) < 4.78 is 11.8. The molecule has 2 aromatic rings. The normalized spacial score (nSPS) is 10.7. The predicted molar refractivity (Wildman–Crippen MR) is 88.2 cm³/mol. The van der Waals surface area contributed by atoms with Crippen LogP contribution < -0.4 is 5.32 Å². The molecule has 1 amide bonds. The maximum atomic E-state index is 12.0. The van der Waals surface area contributed by atoms with Gasteiger partial charge in [0.15, 0.2) is 0 Å². The number of ether oxygens (including phenoxy) is 2. The van der Waals surface area contributed by atoms with Crippen LogP contribution in [0.25, 0.3) is 5.69 Å². The summed E-state index contributed by atoms with van der Waals surface area (Å²) >= 11 is 5.95. The van der Waals surface area contributed by atoms with Crippen LogP contribution >= 0.6 is 11.6 Å². The number of carbonyl (C=O) groups is 1. The van der Waals surface area contributed by atoms with Crippen molar-refractivity contribution in [3.05, 3.63) is 47.2 Å². The highest BCUT2D eigenvalue weighted by Crippen LogP contribution is 2.14. The van der Waals surface area contributed by atoms with Crippen LogP contribution in [-0.2, 0) is 9.47 Å². The van der Waals surface area contributed by atoms with Crippen molar-refractivity contribution in [2.45, 2.75) is 6.42 Å². The number of rotatable bonds is 9. The van der Waals surface area contributed by atoms with Gasteiger partial charge in [0, 0.05) is 31.5 Å². The van der Waals surface area contributed by atoms with Crippen molar-refractivity contribution in [3.8, 4) is 5.69 Å². The molecule has 2 rings (SSSR count). The van der Waals surface area contributed by atoms with Gasteiger partial charge < -0.3 is 14.8 Å². The molecule has 1 heterocycles. The molecule has 7 heteroatoms. The Balaban J connectivity index is 1.78. The van der Waals surface area contributed by atoms with Gasteiger partial charge in [-0.3, -0.25) is 4.79 Å². The minimum atomic E-state index is -0.157. The summed E-state index contributed by atoms with van der Waals surface area (Å²) in [6, 6.07) is 7.28. The third kappa shape index (κ3) is 5.67. The van der Waals surface area contributed by atoms with Gasteiger partial charge in [-0.1, -0.05) is 17.7 Å². The average molecular weight is 338 g/mol. The Kier molecular flexibility index (Phi) is 7.06. The first kappa shape index (κ1) is 17.5. The number of amides is 1. The summed E-state index contributed by atoms with van der Waals surface area (Å²) in [7, 11) is 1.63. The number of hydrogen-bond acceptors (Lipinski definition) is 4. The molecule has 0 radical (unpaired) electrons. The summed E-state index contributed by atoms with van der Waals surface area (Å²) in [6.07, 6.45) is 3.96. The van der Waals surface area contributed by atoms with Gasteiger partial charge in [0.2, 0.25) is 0 Å². The van der Waals surface area contributed by atoms with Crippen LogP contribution in [0.2, 0.25) is 5.02 Å². The summed E-state index contributed by atoms with van der Waals surface area (Å²) in [5.41, 5.74) is 1.31. The first-order valence-corrected chi connectivity index (χ1v) is 7.74. The van der Waals surface area contributed by atoms with Crippen LogP contribution in [0.15, 0.2) is 36.7 Å². The van der Waals surface area contributed by atoms with E-state index in [0.29, 0.717) is 37.0 Å². The Morgan fingerprint density at radius 1 is 1.35 bits per heavy atom. The number of carbonyl (C=O) groups excluding carboxylic acids is 1. The van der Waals surface area contributed by atoms with Gasteiger partial charge in [-0.15, -0.1) is 0 Å². The van der Waals surface area contributed by atoms with Crippen molar-refractivity contribution < 1.29 is 14.3 Å². The van der Waals surface area contributed by atoms with E-state index in [2.05, 4.69) is 10.4 Å². The number of aromatic nitrogens is 2. The number of hydrogen-bond donors (Lipinski definition) is 1. The summed E-state index contributed by atoms with van der Waals surface area (Å²) in [6.45, 7) is 2.28. The molecular weight excluding hydrogens is 318 g/mol. The van der Waals surface area contributed by atoms with Crippen LogP contribution in [0, 0.1) is 0 Å². The second-order valence-corrected chi connectivity index (χ2v) is 5.30. The highest BCUT2D eigenvalue weighted by Gasteiger charge is 2.09. The smallest absolute Gasteiger partial charge is 0.254 e. The van der Waals surface area contributed by atoms with Gasteiger partial charge in [-0.2, -0.15) is 5.10 Å². The molecule has 0 spiro atoms. The summed E-state index contributed by atoms with van der Waals surface area (Å²) in [4.78, 5) is 12.0. The van der Waals surface area contributed by atoms with E-state index in [9.17, 15) is 4.79 Å². The molecule has 1 N–H and O–H groups in total. The molecule has 6 nitrogen and oxygen atoms in total. The predicted octanol–water partition coefficient (Wildman–Crippen LogP) is 2.31. The molecule has 0 fully saturated rings. The van der Waals surface area contributed by atoms with Gasteiger partial charge in [0.25, 0.3) is 5.91 Å². The van der Waals surface area contributed by atoms with E-state index in [1.165, 1.54) is 6.20 Å². The molecule has 124 valence electrons. The van der Waals surface area contributed by atoms with Crippen molar-refractivity contribution in [1.82, 2.24) is 15.1 Å². The van der Waals surface area contributed by atoms with Crippen molar-refractivity contribution in [2.24, 2.45) is 0 Å². The SMILES string of the molecule is COCCOCCCNC(=O)c1cnn(-c2cccc(Cl)c2)c1. The first-order valence-electron chi connectivity index (χ1n) is 7.36. The van der Waals surface area contributed by atoms with Crippen molar-refractivity contribution in [1.29, 1.82) is 0 Å². The van der Waals surface area contributed by atoms with E-state index in [1.54, 1.807) is 30.1 Å². The number of benzene rings is 1. The Labute approximate surface area is 140 Å². The lowest BCUT2D eigenvalue weighted by Gasteiger charge is -2.05. The van der Waals surface area contributed by atoms with Crippen molar-refractivity contribution >= 4 is 17.5 Å². The van der Waals surface area contributed by atoms with Gasteiger partial charge in [-0.25, -0.2) is 4.68 Å². The summed E-state index contributed by atoms with van der Waals surface area (Å²) in [5, 5.41) is 7.64. The van der Waals surface area contributed by atoms with Crippen molar-refractivity contribution in [2.75, 3.05) is 33.5 Å². The van der Waals surface area contributed by atoms with Gasteiger partial charge >= 0.3 is 0 Å². The third-order valence-corrected chi connectivity index (χ3v) is 3.34. The van der Waals surface area contributed by atoms with Gasteiger partial charge in [0.05, 0.1) is 30.7 Å². The van der Waals surface area contributed by atoms with Crippen LogP contribution in [-0.4, -0.2) is 49.2 Å². The maximum Gasteiger partial charge on any atom is 0.254 e. The van der Waals surface area contributed by atoms with Crippen LogP contribution in [0.4, 0.5) is 0 Å². The number of nitrogens with zero attached hydrogens (tertiary/aromatic N) is 2. The molecule has 0 aliphatic heterocycles. The molecule has 1 aromatic carbocycles. The largest absolute Gasteiger partial charge is 0.382 e. The maximum absolute atomic E-state index is 12.0. The topological polar surface area (TPSA) is 65.4 Å². The highest BCUT2D eigenvalue weighted by molar-refractivity contribution is 6.30. The number of methoxy groups -OCH3 is 1. The molecular formula is C16H20ClN3O3. The van der Waals surface area contributed by atoms with E-state index >= 15 is 0 Å². The second-order valence-electron chi connectivity index (χ2n) is 4.87. The second kappa shape index (κ2) is 9.29. The zero-order valence-corrected chi connectivity index (χ0v) is 13.8. The molecule has 0 saturated carbocycles. The molecule has 0 aliphatic rings. The van der Waals surface area contributed by atoms with E-state index in [-0.39, 0.29) is 5.91 Å². The zero-order valence-electron chi connectivity index (χ0n) is 13.0. The van der Waals surface area contributed by atoms with Crippen LogP contribution in [0.1, 0.15) is 16.8 Å². The van der Waals surface area contributed by atoms with Crippen LogP contribution in [0.3, 0.4) is 0 Å². The monoisotopic (exact) mass is 337 g/mol. The minimum absolute atomic E-state index is 0.157. The Morgan fingerprint density at radius 3 is 3.00 bits per heavy atom. The quantitative estimate of drug-likeness (QED) is 0.713. The third-order valence-electron chi connectivity index (χ3n) is 3.10. The fourth-order valence-electron chi connectivity index (χ4n) is 1.92. The Hall–Kier alpha value is -1.89. The molecule has 0 aliphatic carbocycles. The molecule has 1 aromatic heterocycles. The standard InChI is InChI=1S/C16H20ClN3O3/c1-22-8-9-23-7-3-6-18-16(21)13-11-19-20(12-13)15-5-2-4-14(17)10-15/h2,4-5,10-12H,3,6-9H2,1H3,(H,18,21). The fourth-order valence-corrected chi connectivity index (χ4v) is 2.11. The van der Waals surface area contributed by atoms with Gasteiger partial charge in [0.1, 0.15) is 0 Å². The van der Waals surface area contributed by atoms with E-state index in [1.807, 2.05) is 12.1 Å². The number of nitrogens with one attached hydrogen (secondary N) is 1. The Morgan fingerprint density at radius 2 is 2.22 bits per heavy atom. The lowest BCUT2D eigenvalue weighted by atomic mass is 10.3. The average Bonchev–Trinajstić information content (AvgIpc) is 3.04. The van der Waals surface area contributed by atoms with E-state index in [0.717, 1.165) is 12.1 Å². The van der Waals surface area contributed by atoms with E-state index in [4.69, 9.17) is 21.1 Å². The first-order chi connectivity index (χ1) is 11.2. The van der Waals surface area contributed by atoms with E-state index < -0.39 is 0 Å². The lowest BCUT2D eigenvalue weighted by Crippen LogP contribution is -2.25. The minimum Gasteiger partial charge on any atom is -0.382 e. The zero-order chi connectivity index (χ0) is 16.5. The highest BCUT2D eigenvalue weighted by atomic mass is 35.5. The summed E-state index contributed by atoms with van der Waals surface area (Å²) in [5.74, 6) is -0.157.